The lowest BCUT2D eigenvalue weighted by atomic mass is 10.4. The van der Waals surface area contributed by atoms with Gasteiger partial charge in [0.2, 0.25) is 5.28 Å². The normalized spacial score (nSPS) is 10.4. The fourth-order valence-corrected chi connectivity index (χ4v) is 1.50. The first-order valence-electron chi connectivity index (χ1n) is 4.29. The third kappa shape index (κ3) is 2.60. The number of hydrogen-bond donors (Lipinski definition) is 3. The molecule has 0 saturated heterocycles. The van der Waals surface area contributed by atoms with E-state index in [4.69, 9.17) is 28.3 Å². The topological polar surface area (TPSA) is 86.7 Å². The Morgan fingerprint density at radius 3 is 2.69 bits per heavy atom. The Hall–Kier alpha value is -1.37. The number of halogens is 2. The lowest BCUT2D eigenvalue weighted by molar-refractivity contribution is 0.276. The second-order valence-electron chi connectivity index (χ2n) is 2.91. The molecule has 2 aromatic heterocycles. The number of hydrogen-bond acceptors (Lipinski definition) is 5. The molecule has 0 amide bonds. The van der Waals surface area contributed by atoms with Crippen molar-refractivity contribution in [3.05, 3.63) is 28.3 Å². The van der Waals surface area contributed by atoms with Gasteiger partial charge < -0.3 is 10.4 Å². The quantitative estimate of drug-likeness (QED) is 0.578. The average molecular weight is 260 g/mol. The van der Waals surface area contributed by atoms with Crippen LogP contribution >= 0.6 is 23.2 Å². The number of anilines is 2. The van der Waals surface area contributed by atoms with E-state index in [0.29, 0.717) is 17.3 Å². The highest BCUT2D eigenvalue weighted by molar-refractivity contribution is 6.32. The van der Waals surface area contributed by atoms with E-state index in [1.165, 1.54) is 6.07 Å². The van der Waals surface area contributed by atoms with Gasteiger partial charge in [0, 0.05) is 12.1 Å². The van der Waals surface area contributed by atoms with Gasteiger partial charge in [0.1, 0.15) is 11.0 Å². The Bertz CT molecular complexity index is 481. The number of aromatic amines is 1. The number of nitrogens with one attached hydrogen (secondary N) is 2. The summed E-state index contributed by atoms with van der Waals surface area (Å²) in [6.07, 6.45) is 0. The Morgan fingerprint density at radius 2 is 2.06 bits per heavy atom. The number of rotatable bonds is 3. The van der Waals surface area contributed by atoms with Gasteiger partial charge in [-0.1, -0.05) is 11.6 Å². The van der Waals surface area contributed by atoms with Crippen molar-refractivity contribution >= 4 is 34.8 Å². The lowest BCUT2D eigenvalue weighted by Crippen LogP contribution is -1.95. The van der Waals surface area contributed by atoms with E-state index in [0.717, 1.165) is 0 Å². The van der Waals surface area contributed by atoms with Crippen LogP contribution in [0.15, 0.2) is 12.1 Å². The Balaban J connectivity index is 2.19. The number of aromatic nitrogens is 4. The van der Waals surface area contributed by atoms with Crippen LogP contribution in [-0.2, 0) is 6.61 Å². The van der Waals surface area contributed by atoms with Crippen molar-refractivity contribution in [3.63, 3.8) is 0 Å². The number of aliphatic hydroxyl groups is 1. The highest BCUT2D eigenvalue weighted by Gasteiger charge is 2.04. The molecule has 0 radical (unpaired) electrons. The fourth-order valence-electron chi connectivity index (χ4n) is 1.09. The van der Waals surface area contributed by atoms with Gasteiger partial charge in [0.15, 0.2) is 5.82 Å². The molecule has 0 spiro atoms. The second-order valence-corrected chi connectivity index (χ2v) is 3.63. The van der Waals surface area contributed by atoms with Gasteiger partial charge in [-0.3, -0.25) is 5.10 Å². The molecule has 2 rings (SSSR count). The number of aliphatic hydroxyl groups excluding tert-OH is 1. The van der Waals surface area contributed by atoms with Crippen LogP contribution < -0.4 is 5.32 Å². The molecule has 6 nitrogen and oxygen atoms in total. The highest BCUT2D eigenvalue weighted by atomic mass is 35.5. The molecule has 0 aromatic carbocycles. The van der Waals surface area contributed by atoms with Gasteiger partial charge >= 0.3 is 0 Å². The van der Waals surface area contributed by atoms with Crippen molar-refractivity contribution in [2.45, 2.75) is 6.61 Å². The van der Waals surface area contributed by atoms with Crippen molar-refractivity contribution in [1.29, 1.82) is 0 Å². The molecule has 2 aromatic rings. The van der Waals surface area contributed by atoms with E-state index >= 15 is 0 Å². The number of nitrogens with zero attached hydrogens (tertiary/aromatic N) is 3. The highest BCUT2D eigenvalue weighted by Crippen LogP contribution is 2.18. The average Bonchev–Trinajstić information content (AvgIpc) is 2.64. The van der Waals surface area contributed by atoms with Crippen LogP contribution in [0.5, 0.6) is 0 Å². The summed E-state index contributed by atoms with van der Waals surface area (Å²) in [7, 11) is 0. The Morgan fingerprint density at radius 1 is 1.25 bits per heavy atom. The maximum atomic E-state index is 8.84. The van der Waals surface area contributed by atoms with E-state index < -0.39 is 0 Å². The molecule has 16 heavy (non-hydrogen) atoms. The fraction of sp³-hybridized carbons (Fsp3) is 0.125. The van der Waals surface area contributed by atoms with Crippen LogP contribution in [0.4, 0.5) is 11.6 Å². The monoisotopic (exact) mass is 259 g/mol. The van der Waals surface area contributed by atoms with E-state index in [1.54, 1.807) is 6.07 Å². The molecule has 8 heteroatoms. The first kappa shape index (κ1) is 11.1. The molecule has 84 valence electrons. The van der Waals surface area contributed by atoms with Crippen molar-refractivity contribution in [2.75, 3.05) is 5.32 Å². The van der Waals surface area contributed by atoms with Crippen molar-refractivity contribution < 1.29 is 5.11 Å². The van der Waals surface area contributed by atoms with Crippen LogP contribution in [0.1, 0.15) is 5.69 Å². The molecule has 3 N–H and O–H groups in total. The minimum absolute atomic E-state index is 0.0490. The number of H-pyrrole nitrogens is 1. The molecule has 0 fully saturated rings. The standard InChI is InChI=1S/C8H7Cl2N5O/c9-5-2-6(13-8(10)11-5)12-7-1-4(3-16)14-15-7/h1-2,16H,3H2,(H2,11,12,13,14,15). The molecule has 0 aliphatic heterocycles. The summed E-state index contributed by atoms with van der Waals surface area (Å²) in [4.78, 5) is 7.62. The Kier molecular flexibility index (Phi) is 3.23. The smallest absolute Gasteiger partial charge is 0.225 e. The van der Waals surface area contributed by atoms with Gasteiger partial charge in [-0.05, 0) is 11.6 Å². The summed E-state index contributed by atoms with van der Waals surface area (Å²) in [5, 5.41) is 18.5. The summed E-state index contributed by atoms with van der Waals surface area (Å²) in [5.74, 6) is 0.941. The minimum atomic E-state index is -0.111. The zero-order valence-corrected chi connectivity index (χ0v) is 9.42. The predicted octanol–water partition coefficient (Wildman–Crippen LogP) is 1.74. The summed E-state index contributed by atoms with van der Waals surface area (Å²) in [5.41, 5.74) is 0.591. The van der Waals surface area contributed by atoms with Crippen LogP contribution in [-0.4, -0.2) is 25.3 Å². The van der Waals surface area contributed by atoms with E-state index in [1.807, 2.05) is 0 Å². The minimum Gasteiger partial charge on any atom is -0.390 e. The first-order valence-corrected chi connectivity index (χ1v) is 5.05. The largest absolute Gasteiger partial charge is 0.390 e. The lowest BCUT2D eigenvalue weighted by Gasteiger charge is -2.01. The molecule has 0 atom stereocenters. The zero-order chi connectivity index (χ0) is 11.5. The van der Waals surface area contributed by atoms with Crippen LogP contribution in [0, 0.1) is 0 Å². The van der Waals surface area contributed by atoms with Crippen LogP contribution in [0.2, 0.25) is 10.4 Å². The van der Waals surface area contributed by atoms with Gasteiger partial charge in [-0.15, -0.1) is 0 Å². The summed E-state index contributed by atoms with van der Waals surface area (Å²) in [6.45, 7) is -0.111. The van der Waals surface area contributed by atoms with E-state index in [-0.39, 0.29) is 17.0 Å². The second kappa shape index (κ2) is 4.65. The maximum Gasteiger partial charge on any atom is 0.225 e. The van der Waals surface area contributed by atoms with E-state index in [9.17, 15) is 0 Å². The van der Waals surface area contributed by atoms with Gasteiger partial charge in [-0.25, -0.2) is 9.97 Å². The Labute approximate surface area is 101 Å². The third-order valence-electron chi connectivity index (χ3n) is 1.72. The maximum absolute atomic E-state index is 8.84. The molecular formula is C8H7Cl2N5O. The van der Waals surface area contributed by atoms with Gasteiger partial charge in [0.05, 0.1) is 12.3 Å². The van der Waals surface area contributed by atoms with E-state index in [2.05, 4.69) is 25.5 Å². The zero-order valence-electron chi connectivity index (χ0n) is 7.91. The van der Waals surface area contributed by atoms with Gasteiger partial charge in [0.25, 0.3) is 0 Å². The SMILES string of the molecule is OCc1cc(Nc2cc(Cl)nc(Cl)n2)n[nH]1. The van der Waals surface area contributed by atoms with Gasteiger partial charge in [-0.2, -0.15) is 5.10 Å². The third-order valence-corrected chi connectivity index (χ3v) is 2.09. The molecule has 0 unspecified atom stereocenters. The summed E-state index contributed by atoms with van der Waals surface area (Å²) < 4.78 is 0. The molecule has 2 heterocycles. The van der Waals surface area contributed by atoms with Crippen molar-refractivity contribution in [1.82, 2.24) is 20.2 Å². The molecule has 0 aliphatic rings. The summed E-state index contributed by atoms with van der Waals surface area (Å²) >= 11 is 11.3. The predicted molar refractivity (Wildman–Crippen MR) is 59.8 cm³/mol. The molecule has 0 saturated carbocycles. The first-order chi connectivity index (χ1) is 7.67. The molecular weight excluding hydrogens is 253 g/mol. The van der Waals surface area contributed by atoms with Crippen LogP contribution in [0.25, 0.3) is 0 Å². The van der Waals surface area contributed by atoms with Crippen molar-refractivity contribution in [2.24, 2.45) is 0 Å². The molecule has 0 aliphatic carbocycles. The van der Waals surface area contributed by atoms with Crippen molar-refractivity contribution in [3.8, 4) is 0 Å². The van der Waals surface area contributed by atoms with Crippen LogP contribution in [0.3, 0.4) is 0 Å². The molecule has 0 bridgehead atoms. The summed E-state index contributed by atoms with van der Waals surface area (Å²) in [6, 6.07) is 3.16.